The number of carbonyl (C=O) groups is 2. The standard InChI is InChI=1S/C30H26N4O4S/c1-5-38-20-11-9-19(10-12-20)25-23(26(35)24-18(4)33-14-6-7-17(3)28(33)32-24)27(36)29(37)34(25)30-31-21-13-8-16(2)15-22(21)39-30/h6-15,25,35H,5H2,1-4H3. The van der Waals surface area contributed by atoms with Crippen LogP contribution in [0.1, 0.15) is 41.0 Å². The first-order chi connectivity index (χ1) is 18.8. The zero-order chi connectivity index (χ0) is 27.4. The molecule has 8 nitrogen and oxygen atoms in total. The third kappa shape index (κ3) is 3.97. The first kappa shape index (κ1) is 24.8. The molecule has 0 bridgehead atoms. The van der Waals surface area contributed by atoms with Crippen molar-refractivity contribution in [2.24, 2.45) is 0 Å². The Morgan fingerprint density at radius 1 is 1.05 bits per heavy atom. The van der Waals surface area contributed by atoms with Crippen LogP contribution in [0.15, 0.2) is 66.4 Å². The lowest BCUT2D eigenvalue weighted by atomic mass is 9.96. The molecule has 0 radical (unpaired) electrons. The van der Waals surface area contributed by atoms with Crippen LogP contribution >= 0.6 is 11.3 Å². The van der Waals surface area contributed by atoms with Gasteiger partial charge < -0.3 is 14.2 Å². The molecule has 1 atom stereocenters. The highest BCUT2D eigenvalue weighted by molar-refractivity contribution is 7.22. The number of carbonyl (C=O) groups excluding carboxylic acids is 2. The number of hydrogen-bond acceptors (Lipinski definition) is 7. The summed E-state index contributed by atoms with van der Waals surface area (Å²) < 4.78 is 8.37. The van der Waals surface area contributed by atoms with E-state index in [9.17, 15) is 14.7 Å². The second kappa shape index (κ2) is 9.36. The van der Waals surface area contributed by atoms with Gasteiger partial charge in [0.05, 0.1) is 34.1 Å². The minimum absolute atomic E-state index is 0.0243. The number of aryl methyl sites for hydroxylation is 3. The Morgan fingerprint density at radius 2 is 1.82 bits per heavy atom. The van der Waals surface area contributed by atoms with Crippen molar-refractivity contribution in [3.05, 3.63) is 94.4 Å². The molecule has 0 aliphatic carbocycles. The lowest BCUT2D eigenvalue weighted by Crippen LogP contribution is -2.29. The molecule has 5 aromatic rings. The van der Waals surface area contributed by atoms with Crippen molar-refractivity contribution in [3.63, 3.8) is 0 Å². The van der Waals surface area contributed by atoms with E-state index in [0.717, 1.165) is 21.3 Å². The Morgan fingerprint density at radius 3 is 2.54 bits per heavy atom. The highest BCUT2D eigenvalue weighted by atomic mass is 32.1. The zero-order valence-electron chi connectivity index (χ0n) is 21.9. The Labute approximate surface area is 228 Å². The van der Waals surface area contributed by atoms with Crippen LogP contribution in [0.25, 0.3) is 21.6 Å². The summed E-state index contributed by atoms with van der Waals surface area (Å²) in [5.74, 6) is -1.17. The molecule has 1 aliphatic heterocycles. The summed E-state index contributed by atoms with van der Waals surface area (Å²) in [6.07, 6.45) is 1.85. The second-order valence-corrected chi connectivity index (χ2v) is 10.6. The maximum Gasteiger partial charge on any atom is 0.301 e. The van der Waals surface area contributed by atoms with Crippen LogP contribution in [-0.4, -0.2) is 37.8 Å². The molecule has 1 amide bonds. The van der Waals surface area contributed by atoms with Crippen LogP contribution in [-0.2, 0) is 9.59 Å². The molecule has 2 aromatic carbocycles. The highest BCUT2D eigenvalue weighted by Crippen LogP contribution is 2.45. The minimum atomic E-state index is -0.896. The minimum Gasteiger partial charge on any atom is -0.505 e. The average molecular weight is 539 g/mol. The van der Waals surface area contributed by atoms with E-state index in [2.05, 4.69) is 4.98 Å². The number of imidazole rings is 1. The third-order valence-corrected chi connectivity index (χ3v) is 8.02. The number of nitrogens with zero attached hydrogens (tertiary/aromatic N) is 4. The number of thiazole rings is 1. The van der Waals surface area contributed by atoms with Crippen molar-refractivity contribution in [2.45, 2.75) is 33.7 Å². The van der Waals surface area contributed by atoms with Gasteiger partial charge in [0.1, 0.15) is 17.1 Å². The number of pyridine rings is 1. The fourth-order valence-electron chi connectivity index (χ4n) is 5.05. The van der Waals surface area contributed by atoms with Gasteiger partial charge in [-0.25, -0.2) is 9.97 Å². The molecular weight excluding hydrogens is 512 g/mol. The number of fused-ring (bicyclic) bond motifs is 2. The van der Waals surface area contributed by atoms with E-state index in [-0.39, 0.29) is 17.0 Å². The number of anilines is 1. The summed E-state index contributed by atoms with van der Waals surface area (Å²) in [5.41, 5.74) is 4.95. The number of aliphatic hydroxyl groups excluding tert-OH is 1. The normalized spacial score (nSPS) is 17.0. The number of aromatic nitrogens is 3. The number of benzene rings is 2. The molecular formula is C30H26N4O4S. The average Bonchev–Trinajstić information content (AvgIpc) is 3.57. The van der Waals surface area contributed by atoms with Gasteiger partial charge in [-0.05, 0) is 74.7 Å². The molecule has 1 fully saturated rings. The molecule has 1 unspecified atom stereocenters. The molecule has 1 aliphatic rings. The summed E-state index contributed by atoms with van der Waals surface area (Å²) in [7, 11) is 0. The molecule has 1 saturated heterocycles. The van der Waals surface area contributed by atoms with E-state index in [1.807, 2.05) is 68.6 Å². The van der Waals surface area contributed by atoms with Gasteiger partial charge >= 0.3 is 5.91 Å². The Bertz CT molecular complexity index is 1820. The SMILES string of the molecule is CCOc1ccc(C2C(=C(O)c3nc4c(C)cccn4c3C)C(=O)C(=O)N2c2nc3ccc(C)cc3s2)cc1. The summed E-state index contributed by atoms with van der Waals surface area (Å²) >= 11 is 1.34. The van der Waals surface area contributed by atoms with Crippen LogP contribution < -0.4 is 9.64 Å². The van der Waals surface area contributed by atoms with Crippen molar-refractivity contribution < 1.29 is 19.4 Å². The summed E-state index contributed by atoms with van der Waals surface area (Å²) in [6.45, 7) is 8.15. The summed E-state index contributed by atoms with van der Waals surface area (Å²) in [6, 6.07) is 16.0. The number of aliphatic hydroxyl groups is 1. The van der Waals surface area contributed by atoms with Crippen LogP contribution in [0, 0.1) is 20.8 Å². The molecule has 0 saturated carbocycles. The van der Waals surface area contributed by atoms with Gasteiger partial charge in [0.25, 0.3) is 5.78 Å². The molecule has 6 rings (SSSR count). The zero-order valence-corrected chi connectivity index (χ0v) is 22.7. The number of ether oxygens (including phenoxy) is 1. The monoisotopic (exact) mass is 538 g/mol. The number of Topliss-reactive ketones (excluding diaryl/α,β-unsaturated/α-hetero) is 1. The fraction of sp³-hybridized carbons (Fsp3) is 0.200. The summed E-state index contributed by atoms with van der Waals surface area (Å²) in [5, 5.41) is 12.0. The Kier molecular flexibility index (Phi) is 5.95. The van der Waals surface area contributed by atoms with E-state index >= 15 is 0 Å². The number of hydrogen-bond donors (Lipinski definition) is 1. The van der Waals surface area contributed by atoms with Crippen LogP contribution in [0.3, 0.4) is 0 Å². The van der Waals surface area contributed by atoms with Crippen molar-refractivity contribution in [1.29, 1.82) is 0 Å². The fourth-order valence-corrected chi connectivity index (χ4v) is 6.15. The molecule has 39 heavy (non-hydrogen) atoms. The first-order valence-electron chi connectivity index (χ1n) is 12.6. The first-order valence-corrected chi connectivity index (χ1v) is 13.5. The third-order valence-electron chi connectivity index (χ3n) is 7.00. The number of ketones is 1. The maximum atomic E-state index is 13.6. The van der Waals surface area contributed by atoms with Gasteiger partial charge in [0, 0.05) is 6.20 Å². The van der Waals surface area contributed by atoms with Crippen molar-refractivity contribution in [2.75, 3.05) is 11.5 Å². The van der Waals surface area contributed by atoms with Crippen LogP contribution in [0.5, 0.6) is 5.75 Å². The van der Waals surface area contributed by atoms with E-state index in [4.69, 9.17) is 9.72 Å². The van der Waals surface area contributed by atoms with Crippen LogP contribution in [0.2, 0.25) is 0 Å². The smallest absolute Gasteiger partial charge is 0.301 e. The van der Waals surface area contributed by atoms with Crippen molar-refractivity contribution >= 4 is 49.8 Å². The Hall–Kier alpha value is -4.50. The lowest BCUT2D eigenvalue weighted by molar-refractivity contribution is -0.132. The van der Waals surface area contributed by atoms with E-state index in [1.54, 1.807) is 24.3 Å². The predicted octanol–water partition coefficient (Wildman–Crippen LogP) is 5.89. The van der Waals surface area contributed by atoms with Crippen LogP contribution in [0.4, 0.5) is 5.13 Å². The molecule has 3 aromatic heterocycles. The molecule has 196 valence electrons. The van der Waals surface area contributed by atoms with E-state index in [0.29, 0.717) is 34.4 Å². The van der Waals surface area contributed by atoms with Crippen molar-refractivity contribution in [1.82, 2.24) is 14.4 Å². The van der Waals surface area contributed by atoms with Gasteiger partial charge in [-0.1, -0.05) is 35.6 Å². The van der Waals surface area contributed by atoms with Gasteiger partial charge in [-0.2, -0.15) is 0 Å². The molecule has 1 N–H and O–H groups in total. The largest absolute Gasteiger partial charge is 0.505 e. The molecule has 4 heterocycles. The molecule has 0 spiro atoms. The van der Waals surface area contributed by atoms with Gasteiger partial charge in [-0.3, -0.25) is 14.5 Å². The maximum absolute atomic E-state index is 13.6. The predicted molar refractivity (Wildman–Crippen MR) is 151 cm³/mol. The topological polar surface area (TPSA) is 97.0 Å². The van der Waals surface area contributed by atoms with Gasteiger partial charge in [0.15, 0.2) is 10.9 Å². The van der Waals surface area contributed by atoms with E-state index in [1.165, 1.54) is 16.2 Å². The van der Waals surface area contributed by atoms with Crippen molar-refractivity contribution in [3.8, 4) is 5.75 Å². The second-order valence-electron chi connectivity index (χ2n) is 9.57. The molecule has 9 heteroatoms. The van der Waals surface area contributed by atoms with Gasteiger partial charge in [0.2, 0.25) is 0 Å². The number of rotatable bonds is 5. The highest BCUT2D eigenvalue weighted by Gasteiger charge is 2.48. The lowest BCUT2D eigenvalue weighted by Gasteiger charge is -2.23. The Balaban J connectivity index is 1.57. The van der Waals surface area contributed by atoms with Gasteiger partial charge in [-0.15, -0.1) is 0 Å². The van der Waals surface area contributed by atoms with E-state index < -0.39 is 17.7 Å². The quantitative estimate of drug-likeness (QED) is 0.170. The number of amides is 1. The summed E-state index contributed by atoms with van der Waals surface area (Å²) in [4.78, 5) is 38.0.